The van der Waals surface area contributed by atoms with E-state index in [2.05, 4.69) is 31.0 Å². The first kappa shape index (κ1) is 17.5. The lowest BCUT2D eigenvalue weighted by Gasteiger charge is -2.25. The van der Waals surface area contributed by atoms with Crippen molar-refractivity contribution in [1.29, 1.82) is 0 Å². The van der Waals surface area contributed by atoms with Crippen LogP contribution < -0.4 is 5.56 Å². The Balaban J connectivity index is 1.86. The predicted octanol–water partition coefficient (Wildman–Crippen LogP) is 3.76. The first-order valence-corrected chi connectivity index (χ1v) is 8.87. The first-order chi connectivity index (χ1) is 11.8. The summed E-state index contributed by atoms with van der Waals surface area (Å²) in [6, 6.07) is 13.8. The summed E-state index contributed by atoms with van der Waals surface area (Å²) < 4.78 is 0. The fourth-order valence-electron chi connectivity index (χ4n) is 3.70. The number of rotatable bonds is 3. The van der Waals surface area contributed by atoms with Gasteiger partial charge in [0.25, 0.3) is 11.5 Å². The molecule has 1 aromatic heterocycles. The van der Waals surface area contributed by atoms with Gasteiger partial charge >= 0.3 is 0 Å². The highest BCUT2D eigenvalue weighted by Gasteiger charge is 2.42. The highest BCUT2D eigenvalue weighted by atomic mass is 16.2. The molecule has 132 valence electrons. The second-order valence-corrected chi connectivity index (χ2v) is 7.95. The van der Waals surface area contributed by atoms with Crippen molar-refractivity contribution in [2.45, 2.75) is 39.5 Å². The standard InChI is InChI=1S/C21H26N2O2/c1-14(2)18-11-10-16(19(24)22-18)20(25)23-12-17(21(3,4)13-23)15-8-6-5-7-9-15/h5-11,14,17H,12-13H2,1-4H3,(H,22,24)/t17-/m1/s1. The molecule has 0 aliphatic carbocycles. The predicted molar refractivity (Wildman–Crippen MR) is 100 cm³/mol. The second-order valence-electron chi connectivity index (χ2n) is 7.95. The summed E-state index contributed by atoms with van der Waals surface area (Å²) in [5, 5.41) is 0. The molecule has 2 aromatic rings. The van der Waals surface area contributed by atoms with Crippen molar-refractivity contribution in [3.8, 4) is 0 Å². The molecule has 1 aliphatic heterocycles. The fourth-order valence-corrected chi connectivity index (χ4v) is 3.70. The number of likely N-dealkylation sites (tertiary alicyclic amines) is 1. The van der Waals surface area contributed by atoms with Crippen LogP contribution in [0.5, 0.6) is 0 Å². The van der Waals surface area contributed by atoms with Crippen LogP contribution in [0.2, 0.25) is 0 Å². The van der Waals surface area contributed by atoms with E-state index in [-0.39, 0.29) is 34.3 Å². The minimum Gasteiger partial charge on any atom is -0.337 e. The molecule has 4 nitrogen and oxygen atoms in total. The number of nitrogens with one attached hydrogen (secondary N) is 1. The fraction of sp³-hybridized carbons (Fsp3) is 0.429. The summed E-state index contributed by atoms with van der Waals surface area (Å²) in [7, 11) is 0. The Kier molecular flexibility index (Phi) is 4.55. The summed E-state index contributed by atoms with van der Waals surface area (Å²) in [6.07, 6.45) is 0. The van der Waals surface area contributed by atoms with Crippen LogP contribution in [0.4, 0.5) is 0 Å². The molecule has 1 aliphatic rings. The second kappa shape index (κ2) is 6.51. The molecule has 1 N–H and O–H groups in total. The smallest absolute Gasteiger partial charge is 0.261 e. The number of nitrogens with zero attached hydrogens (tertiary/aromatic N) is 1. The van der Waals surface area contributed by atoms with Gasteiger partial charge in [0.05, 0.1) is 0 Å². The van der Waals surface area contributed by atoms with Crippen molar-refractivity contribution in [2.24, 2.45) is 5.41 Å². The minimum absolute atomic E-state index is 0.0261. The van der Waals surface area contributed by atoms with Crippen LogP contribution in [0.15, 0.2) is 47.3 Å². The number of H-pyrrole nitrogens is 1. The van der Waals surface area contributed by atoms with Crippen molar-refractivity contribution >= 4 is 5.91 Å². The molecular weight excluding hydrogens is 312 g/mol. The molecule has 25 heavy (non-hydrogen) atoms. The van der Waals surface area contributed by atoms with E-state index < -0.39 is 0 Å². The number of carbonyl (C=O) groups is 1. The lowest BCUT2D eigenvalue weighted by atomic mass is 9.78. The Morgan fingerprint density at radius 3 is 2.44 bits per heavy atom. The Bertz CT molecular complexity index is 821. The summed E-state index contributed by atoms with van der Waals surface area (Å²) in [4.78, 5) is 29.9. The van der Waals surface area contributed by atoms with Gasteiger partial charge in [0.2, 0.25) is 0 Å². The van der Waals surface area contributed by atoms with Gasteiger partial charge in [-0.25, -0.2) is 0 Å². The van der Waals surface area contributed by atoms with Gasteiger partial charge in [0.15, 0.2) is 0 Å². The zero-order chi connectivity index (χ0) is 18.2. The maximum Gasteiger partial charge on any atom is 0.261 e. The lowest BCUT2D eigenvalue weighted by molar-refractivity contribution is 0.0776. The number of aromatic nitrogens is 1. The normalized spacial score (nSPS) is 19.4. The van der Waals surface area contributed by atoms with E-state index in [1.54, 1.807) is 6.07 Å². The highest BCUT2D eigenvalue weighted by molar-refractivity contribution is 5.94. The van der Waals surface area contributed by atoms with Crippen LogP contribution in [0.25, 0.3) is 0 Å². The van der Waals surface area contributed by atoms with Gasteiger partial charge in [0, 0.05) is 24.7 Å². The first-order valence-electron chi connectivity index (χ1n) is 8.87. The zero-order valence-electron chi connectivity index (χ0n) is 15.4. The summed E-state index contributed by atoms with van der Waals surface area (Å²) in [5.74, 6) is 0.319. The molecule has 0 spiro atoms. The number of pyridine rings is 1. The van der Waals surface area contributed by atoms with Crippen LogP contribution in [0.3, 0.4) is 0 Å². The van der Waals surface area contributed by atoms with Crippen molar-refractivity contribution < 1.29 is 4.79 Å². The van der Waals surface area contributed by atoms with Crippen molar-refractivity contribution in [1.82, 2.24) is 9.88 Å². The Morgan fingerprint density at radius 1 is 1.16 bits per heavy atom. The number of amides is 1. The summed E-state index contributed by atoms with van der Waals surface area (Å²) >= 11 is 0. The van der Waals surface area contributed by atoms with E-state index in [1.807, 2.05) is 43.0 Å². The molecule has 3 rings (SSSR count). The van der Waals surface area contributed by atoms with E-state index >= 15 is 0 Å². The molecule has 1 aromatic carbocycles. The molecule has 0 unspecified atom stereocenters. The van der Waals surface area contributed by atoms with E-state index in [0.29, 0.717) is 13.1 Å². The Morgan fingerprint density at radius 2 is 1.84 bits per heavy atom. The zero-order valence-corrected chi connectivity index (χ0v) is 15.4. The SMILES string of the molecule is CC(C)c1ccc(C(=O)N2C[C@H](c3ccccc3)C(C)(C)C2)c(=O)[nH]1. The van der Waals surface area contributed by atoms with E-state index in [9.17, 15) is 9.59 Å². The molecule has 0 bridgehead atoms. The number of hydrogen-bond donors (Lipinski definition) is 1. The number of aromatic amines is 1. The summed E-state index contributed by atoms with van der Waals surface area (Å²) in [6.45, 7) is 9.69. The van der Waals surface area contributed by atoms with E-state index in [4.69, 9.17) is 0 Å². The van der Waals surface area contributed by atoms with Gasteiger partial charge < -0.3 is 9.88 Å². The van der Waals surface area contributed by atoms with E-state index in [1.165, 1.54) is 5.56 Å². The average Bonchev–Trinajstić information content (AvgIpc) is 2.90. The van der Waals surface area contributed by atoms with E-state index in [0.717, 1.165) is 5.69 Å². The van der Waals surface area contributed by atoms with Gasteiger partial charge in [0.1, 0.15) is 5.56 Å². The number of carbonyl (C=O) groups excluding carboxylic acids is 1. The molecule has 1 atom stereocenters. The van der Waals surface area contributed by atoms with Crippen LogP contribution in [0, 0.1) is 5.41 Å². The monoisotopic (exact) mass is 338 g/mol. The molecule has 0 saturated carbocycles. The van der Waals surface area contributed by atoms with Crippen LogP contribution >= 0.6 is 0 Å². The maximum absolute atomic E-state index is 12.9. The Labute approximate surface area is 148 Å². The minimum atomic E-state index is -0.294. The van der Waals surface area contributed by atoms with Crippen LogP contribution in [-0.4, -0.2) is 28.9 Å². The molecule has 2 heterocycles. The van der Waals surface area contributed by atoms with Crippen LogP contribution in [-0.2, 0) is 0 Å². The van der Waals surface area contributed by atoms with Crippen molar-refractivity contribution in [3.05, 3.63) is 69.6 Å². The number of hydrogen-bond acceptors (Lipinski definition) is 2. The highest BCUT2D eigenvalue weighted by Crippen LogP contribution is 2.42. The quantitative estimate of drug-likeness (QED) is 0.926. The van der Waals surface area contributed by atoms with Gasteiger partial charge in [-0.2, -0.15) is 0 Å². The molecule has 4 heteroatoms. The topological polar surface area (TPSA) is 53.2 Å². The van der Waals surface area contributed by atoms with Gasteiger partial charge in [-0.15, -0.1) is 0 Å². The van der Waals surface area contributed by atoms with Gasteiger partial charge in [-0.3, -0.25) is 9.59 Å². The Hall–Kier alpha value is -2.36. The largest absolute Gasteiger partial charge is 0.337 e. The third kappa shape index (κ3) is 3.39. The lowest BCUT2D eigenvalue weighted by Crippen LogP contribution is -2.34. The molecule has 0 radical (unpaired) electrons. The maximum atomic E-state index is 12.9. The third-order valence-electron chi connectivity index (χ3n) is 5.22. The molecular formula is C21H26N2O2. The number of benzene rings is 1. The molecule has 1 saturated heterocycles. The van der Waals surface area contributed by atoms with Crippen LogP contribution in [0.1, 0.15) is 61.1 Å². The molecule has 1 fully saturated rings. The third-order valence-corrected chi connectivity index (χ3v) is 5.22. The average molecular weight is 338 g/mol. The van der Waals surface area contributed by atoms with Gasteiger partial charge in [-0.1, -0.05) is 58.0 Å². The molecule has 1 amide bonds. The summed E-state index contributed by atoms with van der Waals surface area (Å²) in [5.41, 5.74) is 2.00. The van der Waals surface area contributed by atoms with Crippen molar-refractivity contribution in [3.63, 3.8) is 0 Å². The van der Waals surface area contributed by atoms with Gasteiger partial charge in [-0.05, 0) is 29.0 Å². The van der Waals surface area contributed by atoms with Crippen molar-refractivity contribution in [2.75, 3.05) is 13.1 Å².